The first kappa shape index (κ1) is 12.2. The van der Waals surface area contributed by atoms with Gasteiger partial charge in [-0.3, -0.25) is 9.59 Å². The van der Waals surface area contributed by atoms with E-state index in [1.54, 1.807) is 19.1 Å². The minimum atomic E-state index is -0.143. The number of aryl methyl sites for hydroxylation is 1. The Hall–Kier alpha value is -2.22. The number of rotatable bonds is 2. The molecule has 0 atom stereocenters. The molecule has 0 bridgehead atoms. The highest BCUT2D eigenvalue weighted by atomic mass is 16.1. The molecule has 0 N–H and O–H groups in total. The summed E-state index contributed by atoms with van der Waals surface area (Å²) in [5, 5.41) is 0. The van der Waals surface area contributed by atoms with Crippen LogP contribution in [0, 0.1) is 6.92 Å². The van der Waals surface area contributed by atoms with Gasteiger partial charge in [-0.25, -0.2) is 0 Å². The molecule has 2 nitrogen and oxygen atoms in total. The maximum Gasteiger partial charge on any atom is 0.194 e. The SMILES string of the molecule is C=CC1=C(C(=C)C)C(=O)c2cccc(C)c2C1=O. The van der Waals surface area contributed by atoms with Crippen LogP contribution in [0.3, 0.4) is 0 Å². The molecule has 0 aromatic heterocycles. The predicted molar refractivity (Wildman–Crippen MR) is 71.9 cm³/mol. The van der Waals surface area contributed by atoms with Crippen LogP contribution in [0.5, 0.6) is 0 Å². The van der Waals surface area contributed by atoms with Crippen LogP contribution < -0.4 is 0 Å². The molecule has 2 rings (SSSR count). The van der Waals surface area contributed by atoms with Crippen molar-refractivity contribution in [2.45, 2.75) is 13.8 Å². The molecule has 0 unspecified atom stereocenters. The summed E-state index contributed by atoms with van der Waals surface area (Å²) >= 11 is 0. The van der Waals surface area contributed by atoms with Crippen molar-refractivity contribution < 1.29 is 9.59 Å². The van der Waals surface area contributed by atoms with Gasteiger partial charge in [0.15, 0.2) is 11.6 Å². The van der Waals surface area contributed by atoms with E-state index in [4.69, 9.17) is 0 Å². The van der Waals surface area contributed by atoms with Gasteiger partial charge in [-0.2, -0.15) is 0 Å². The molecular formula is C16H14O2. The van der Waals surface area contributed by atoms with E-state index in [-0.39, 0.29) is 11.6 Å². The number of Topliss-reactive ketones (excluding diaryl/α,β-unsaturated/α-hetero) is 2. The Bertz CT molecular complexity index is 630. The topological polar surface area (TPSA) is 34.1 Å². The van der Waals surface area contributed by atoms with Gasteiger partial charge in [0, 0.05) is 22.3 Å². The molecule has 90 valence electrons. The molecule has 0 radical (unpaired) electrons. The second-order valence-corrected chi connectivity index (χ2v) is 4.43. The minimum absolute atomic E-state index is 0.143. The minimum Gasteiger partial charge on any atom is -0.289 e. The van der Waals surface area contributed by atoms with Gasteiger partial charge in [0.1, 0.15) is 0 Å². The van der Waals surface area contributed by atoms with Gasteiger partial charge in [0.05, 0.1) is 0 Å². The highest BCUT2D eigenvalue weighted by Gasteiger charge is 2.31. The molecule has 0 saturated heterocycles. The Kier molecular flexibility index (Phi) is 2.87. The largest absolute Gasteiger partial charge is 0.289 e. The summed E-state index contributed by atoms with van der Waals surface area (Å²) in [6.45, 7) is 11.0. The van der Waals surface area contributed by atoms with Crippen molar-refractivity contribution in [1.29, 1.82) is 0 Å². The quantitative estimate of drug-likeness (QED) is 0.791. The summed E-state index contributed by atoms with van der Waals surface area (Å²) < 4.78 is 0. The Morgan fingerprint density at radius 2 is 1.89 bits per heavy atom. The molecule has 0 heterocycles. The molecule has 1 aliphatic rings. The summed E-state index contributed by atoms with van der Waals surface area (Å²) in [4.78, 5) is 24.8. The lowest BCUT2D eigenvalue weighted by Crippen LogP contribution is -2.22. The van der Waals surface area contributed by atoms with Crippen molar-refractivity contribution in [3.63, 3.8) is 0 Å². The van der Waals surface area contributed by atoms with Crippen LogP contribution in [-0.4, -0.2) is 11.6 Å². The number of carbonyl (C=O) groups excluding carboxylic acids is 2. The maximum atomic E-state index is 12.4. The van der Waals surface area contributed by atoms with Gasteiger partial charge < -0.3 is 0 Å². The lowest BCUT2D eigenvalue weighted by molar-refractivity contribution is 0.0979. The number of hydrogen-bond acceptors (Lipinski definition) is 2. The third-order valence-electron chi connectivity index (χ3n) is 3.12. The van der Waals surface area contributed by atoms with E-state index in [1.165, 1.54) is 6.08 Å². The van der Waals surface area contributed by atoms with Crippen LogP contribution >= 0.6 is 0 Å². The van der Waals surface area contributed by atoms with Gasteiger partial charge in [0.2, 0.25) is 0 Å². The fourth-order valence-electron chi connectivity index (χ4n) is 2.28. The molecule has 1 aromatic rings. The Labute approximate surface area is 106 Å². The van der Waals surface area contributed by atoms with Gasteiger partial charge in [0.25, 0.3) is 0 Å². The number of ketones is 2. The third kappa shape index (κ3) is 1.58. The van der Waals surface area contributed by atoms with E-state index in [1.807, 2.05) is 13.0 Å². The van der Waals surface area contributed by atoms with Crippen LogP contribution in [-0.2, 0) is 0 Å². The molecule has 1 aliphatic carbocycles. The molecule has 0 amide bonds. The Morgan fingerprint density at radius 3 is 2.44 bits per heavy atom. The number of hydrogen-bond donors (Lipinski definition) is 0. The van der Waals surface area contributed by atoms with E-state index < -0.39 is 0 Å². The van der Waals surface area contributed by atoms with Crippen molar-refractivity contribution in [3.05, 3.63) is 70.8 Å². The van der Waals surface area contributed by atoms with E-state index >= 15 is 0 Å². The molecule has 0 fully saturated rings. The summed E-state index contributed by atoms with van der Waals surface area (Å²) in [6, 6.07) is 5.30. The standard InChI is InChI=1S/C16H14O2/c1-5-11-13(9(2)3)16(18)12-8-6-7-10(4)14(12)15(11)17/h5-8H,1-2H2,3-4H3. The fourth-order valence-corrected chi connectivity index (χ4v) is 2.28. The maximum absolute atomic E-state index is 12.4. The smallest absolute Gasteiger partial charge is 0.194 e. The summed E-state index contributed by atoms with van der Waals surface area (Å²) in [6.07, 6.45) is 1.44. The number of fused-ring (bicyclic) bond motifs is 1. The van der Waals surface area contributed by atoms with E-state index in [0.717, 1.165) is 5.56 Å². The van der Waals surface area contributed by atoms with Crippen LogP contribution in [0.15, 0.2) is 54.2 Å². The number of benzene rings is 1. The predicted octanol–water partition coefficient (Wildman–Crippen LogP) is 3.43. The van der Waals surface area contributed by atoms with Crippen molar-refractivity contribution in [2.75, 3.05) is 0 Å². The molecular weight excluding hydrogens is 224 g/mol. The second kappa shape index (κ2) is 4.22. The van der Waals surface area contributed by atoms with Gasteiger partial charge >= 0.3 is 0 Å². The first-order chi connectivity index (χ1) is 8.49. The average Bonchev–Trinajstić information content (AvgIpc) is 2.32. The van der Waals surface area contributed by atoms with Gasteiger partial charge in [-0.1, -0.05) is 37.4 Å². The first-order valence-corrected chi connectivity index (χ1v) is 5.70. The zero-order valence-corrected chi connectivity index (χ0v) is 10.5. The highest BCUT2D eigenvalue weighted by Crippen LogP contribution is 2.31. The van der Waals surface area contributed by atoms with Gasteiger partial charge in [-0.05, 0) is 25.0 Å². The zero-order chi connectivity index (χ0) is 13.4. The van der Waals surface area contributed by atoms with Crippen molar-refractivity contribution in [3.8, 4) is 0 Å². The van der Waals surface area contributed by atoms with Crippen molar-refractivity contribution >= 4 is 11.6 Å². The van der Waals surface area contributed by atoms with E-state index in [0.29, 0.717) is 27.8 Å². The Morgan fingerprint density at radius 1 is 1.22 bits per heavy atom. The van der Waals surface area contributed by atoms with Crippen molar-refractivity contribution in [2.24, 2.45) is 0 Å². The second-order valence-electron chi connectivity index (χ2n) is 4.43. The van der Waals surface area contributed by atoms with Crippen LogP contribution in [0.25, 0.3) is 0 Å². The molecule has 18 heavy (non-hydrogen) atoms. The fraction of sp³-hybridized carbons (Fsp3) is 0.125. The summed E-state index contributed by atoms with van der Waals surface area (Å²) in [5.41, 5.74) is 3.09. The molecule has 2 heteroatoms. The Balaban J connectivity index is 2.83. The molecule has 0 aliphatic heterocycles. The van der Waals surface area contributed by atoms with Crippen molar-refractivity contribution in [1.82, 2.24) is 0 Å². The number of allylic oxidation sites excluding steroid dienone is 4. The summed E-state index contributed by atoms with van der Waals surface area (Å²) in [5.74, 6) is -0.286. The van der Waals surface area contributed by atoms with Gasteiger partial charge in [-0.15, -0.1) is 0 Å². The van der Waals surface area contributed by atoms with E-state index in [9.17, 15) is 9.59 Å². The normalized spacial score (nSPS) is 14.6. The lowest BCUT2D eigenvalue weighted by atomic mass is 9.80. The lowest BCUT2D eigenvalue weighted by Gasteiger charge is -2.20. The monoisotopic (exact) mass is 238 g/mol. The molecule has 0 saturated carbocycles. The molecule has 1 aromatic carbocycles. The zero-order valence-electron chi connectivity index (χ0n) is 10.5. The summed E-state index contributed by atoms with van der Waals surface area (Å²) in [7, 11) is 0. The third-order valence-corrected chi connectivity index (χ3v) is 3.12. The number of carbonyl (C=O) groups is 2. The van der Waals surface area contributed by atoms with E-state index in [2.05, 4.69) is 13.2 Å². The van der Waals surface area contributed by atoms with Crippen LogP contribution in [0.4, 0.5) is 0 Å². The first-order valence-electron chi connectivity index (χ1n) is 5.70. The highest BCUT2D eigenvalue weighted by molar-refractivity contribution is 6.29. The average molecular weight is 238 g/mol. The molecule has 0 spiro atoms. The van der Waals surface area contributed by atoms with Crippen LogP contribution in [0.2, 0.25) is 0 Å². The van der Waals surface area contributed by atoms with Crippen LogP contribution in [0.1, 0.15) is 33.2 Å².